The Hall–Kier alpha value is -2.36. The van der Waals surface area contributed by atoms with Gasteiger partial charge in [-0.3, -0.25) is 4.98 Å². The number of aromatic nitrogens is 1. The number of hydrogen-bond donors (Lipinski definition) is 0. The average Bonchev–Trinajstić information content (AvgIpc) is 2.48. The van der Waals surface area contributed by atoms with Crippen molar-refractivity contribution in [1.29, 1.82) is 0 Å². The van der Waals surface area contributed by atoms with Crippen molar-refractivity contribution in [1.82, 2.24) is 4.98 Å². The van der Waals surface area contributed by atoms with E-state index in [1.807, 2.05) is 30.3 Å². The number of benzene rings is 1. The maximum Gasteiger partial charge on any atom is 0.339 e. The highest BCUT2D eigenvalue weighted by Gasteiger charge is 2.07. The number of carbonyl (C=O) groups is 1. The molecule has 1 aromatic heterocycles. The van der Waals surface area contributed by atoms with Crippen LogP contribution in [0.1, 0.15) is 28.5 Å². The van der Waals surface area contributed by atoms with E-state index in [0.29, 0.717) is 18.6 Å². The van der Waals surface area contributed by atoms with Gasteiger partial charge in [0.2, 0.25) is 0 Å². The number of nitrogens with zero attached hydrogens (tertiary/aromatic N) is 1. The van der Waals surface area contributed by atoms with E-state index < -0.39 is 0 Å². The van der Waals surface area contributed by atoms with E-state index in [1.165, 1.54) is 0 Å². The number of carbonyl (C=O) groups excluding carboxylic acids is 1. The molecular weight excluding hydrogens is 254 g/mol. The summed E-state index contributed by atoms with van der Waals surface area (Å²) >= 11 is 0. The smallest absolute Gasteiger partial charge is 0.339 e. The normalized spacial score (nSPS) is 10.1. The molecule has 0 aliphatic rings. The Morgan fingerprint density at radius 3 is 2.75 bits per heavy atom. The molecule has 0 saturated carbocycles. The van der Waals surface area contributed by atoms with Crippen molar-refractivity contribution in [2.24, 2.45) is 0 Å². The van der Waals surface area contributed by atoms with Gasteiger partial charge < -0.3 is 9.47 Å². The Morgan fingerprint density at radius 1 is 1.25 bits per heavy atom. The summed E-state index contributed by atoms with van der Waals surface area (Å²) in [6, 6.07) is 11.4. The maximum atomic E-state index is 11.5. The van der Waals surface area contributed by atoms with Gasteiger partial charge in [0.05, 0.1) is 19.3 Å². The molecule has 0 radical (unpaired) electrons. The Morgan fingerprint density at radius 2 is 2.10 bits per heavy atom. The lowest BCUT2D eigenvalue weighted by Crippen LogP contribution is -2.05. The molecule has 0 aliphatic heterocycles. The molecule has 0 spiro atoms. The third kappa shape index (κ3) is 3.57. The lowest BCUT2D eigenvalue weighted by Gasteiger charge is -2.05. The van der Waals surface area contributed by atoms with E-state index in [0.717, 1.165) is 17.0 Å². The van der Waals surface area contributed by atoms with Gasteiger partial charge in [0.15, 0.2) is 0 Å². The van der Waals surface area contributed by atoms with Gasteiger partial charge in [-0.2, -0.15) is 0 Å². The monoisotopic (exact) mass is 271 g/mol. The summed E-state index contributed by atoms with van der Waals surface area (Å²) in [7, 11) is 1.64. The van der Waals surface area contributed by atoms with Crippen molar-refractivity contribution in [3.05, 3.63) is 59.4 Å². The van der Waals surface area contributed by atoms with Gasteiger partial charge in [-0.15, -0.1) is 0 Å². The molecule has 0 fully saturated rings. The van der Waals surface area contributed by atoms with Crippen molar-refractivity contribution in [3.8, 4) is 5.75 Å². The molecule has 1 aromatic carbocycles. The molecule has 4 heteroatoms. The second-order valence-electron chi connectivity index (χ2n) is 4.29. The van der Waals surface area contributed by atoms with Crippen LogP contribution in [0.4, 0.5) is 0 Å². The number of rotatable bonds is 5. The summed E-state index contributed by atoms with van der Waals surface area (Å²) in [5, 5.41) is 0. The van der Waals surface area contributed by atoms with Crippen molar-refractivity contribution in [2.45, 2.75) is 13.3 Å². The maximum absolute atomic E-state index is 11.5. The molecule has 0 bridgehead atoms. The Labute approximate surface area is 118 Å². The van der Waals surface area contributed by atoms with Crippen LogP contribution in [0, 0.1) is 0 Å². The first kappa shape index (κ1) is 14.1. The Balaban J connectivity index is 2.08. The first-order chi connectivity index (χ1) is 9.72. The van der Waals surface area contributed by atoms with E-state index >= 15 is 0 Å². The van der Waals surface area contributed by atoms with Crippen LogP contribution in [0.2, 0.25) is 0 Å². The van der Waals surface area contributed by atoms with E-state index in [-0.39, 0.29) is 5.97 Å². The van der Waals surface area contributed by atoms with E-state index in [9.17, 15) is 4.79 Å². The van der Waals surface area contributed by atoms with Crippen LogP contribution in [0.25, 0.3) is 0 Å². The highest BCUT2D eigenvalue weighted by Crippen LogP contribution is 2.15. The molecule has 104 valence electrons. The molecule has 0 unspecified atom stereocenters. The first-order valence-corrected chi connectivity index (χ1v) is 6.48. The summed E-state index contributed by atoms with van der Waals surface area (Å²) in [5.41, 5.74) is 2.48. The fourth-order valence-corrected chi connectivity index (χ4v) is 1.86. The minimum absolute atomic E-state index is 0.340. The fraction of sp³-hybridized carbons (Fsp3) is 0.250. The lowest BCUT2D eigenvalue weighted by atomic mass is 10.1. The number of ether oxygens (including phenoxy) is 2. The third-order valence-corrected chi connectivity index (χ3v) is 2.86. The molecule has 0 aliphatic carbocycles. The second-order valence-corrected chi connectivity index (χ2v) is 4.29. The number of hydrogen-bond acceptors (Lipinski definition) is 4. The van der Waals surface area contributed by atoms with Crippen molar-refractivity contribution in [2.75, 3.05) is 13.7 Å². The van der Waals surface area contributed by atoms with Gasteiger partial charge >= 0.3 is 5.97 Å². The molecule has 2 rings (SSSR count). The summed E-state index contributed by atoms with van der Waals surface area (Å²) in [5.74, 6) is 0.485. The number of methoxy groups -OCH3 is 1. The van der Waals surface area contributed by atoms with Crippen molar-refractivity contribution in [3.63, 3.8) is 0 Å². The molecule has 0 amide bonds. The summed E-state index contributed by atoms with van der Waals surface area (Å²) < 4.78 is 10.1. The van der Waals surface area contributed by atoms with Crippen LogP contribution in [0.5, 0.6) is 5.75 Å². The van der Waals surface area contributed by atoms with Crippen LogP contribution in [-0.4, -0.2) is 24.7 Å². The van der Waals surface area contributed by atoms with E-state index in [2.05, 4.69) is 4.98 Å². The van der Waals surface area contributed by atoms with Gasteiger partial charge in [0.1, 0.15) is 5.75 Å². The van der Waals surface area contributed by atoms with Gasteiger partial charge in [0.25, 0.3) is 0 Å². The van der Waals surface area contributed by atoms with Crippen LogP contribution >= 0.6 is 0 Å². The molecule has 4 nitrogen and oxygen atoms in total. The van der Waals surface area contributed by atoms with E-state index in [4.69, 9.17) is 9.47 Å². The highest BCUT2D eigenvalue weighted by molar-refractivity contribution is 5.88. The SMILES string of the molecule is CCOC(=O)c1ccc(Cc2cccc(OC)c2)nc1. The fourth-order valence-electron chi connectivity index (χ4n) is 1.86. The predicted molar refractivity (Wildman–Crippen MR) is 76.0 cm³/mol. The van der Waals surface area contributed by atoms with Crippen LogP contribution in [-0.2, 0) is 11.2 Å². The quantitative estimate of drug-likeness (QED) is 0.785. The van der Waals surface area contributed by atoms with Crippen LogP contribution in [0.15, 0.2) is 42.6 Å². The lowest BCUT2D eigenvalue weighted by molar-refractivity contribution is 0.0526. The summed E-state index contributed by atoms with van der Waals surface area (Å²) in [4.78, 5) is 15.8. The topological polar surface area (TPSA) is 48.4 Å². The zero-order valence-corrected chi connectivity index (χ0v) is 11.6. The highest BCUT2D eigenvalue weighted by atomic mass is 16.5. The number of pyridine rings is 1. The zero-order valence-electron chi connectivity index (χ0n) is 11.6. The summed E-state index contributed by atoms with van der Waals surface area (Å²) in [6.45, 7) is 2.15. The minimum Gasteiger partial charge on any atom is -0.497 e. The largest absolute Gasteiger partial charge is 0.497 e. The van der Waals surface area contributed by atoms with Gasteiger partial charge in [-0.05, 0) is 36.8 Å². The molecule has 0 N–H and O–H groups in total. The van der Waals surface area contributed by atoms with Crippen LogP contribution < -0.4 is 4.74 Å². The average molecular weight is 271 g/mol. The standard InChI is InChI=1S/C16H17NO3/c1-3-20-16(18)13-7-8-14(17-11-13)9-12-5-4-6-15(10-12)19-2/h4-8,10-11H,3,9H2,1-2H3. The number of esters is 1. The predicted octanol–water partition coefficient (Wildman–Crippen LogP) is 2.86. The molecular formula is C16H17NO3. The molecule has 0 atom stereocenters. The minimum atomic E-state index is -0.340. The zero-order chi connectivity index (χ0) is 14.4. The second kappa shape index (κ2) is 6.70. The molecule has 0 saturated heterocycles. The summed E-state index contributed by atoms with van der Waals surface area (Å²) in [6.07, 6.45) is 2.24. The van der Waals surface area contributed by atoms with Gasteiger partial charge in [0, 0.05) is 18.3 Å². The molecule has 1 heterocycles. The molecule has 20 heavy (non-hydrogen) atoms. The van der Waals surface area contributed by atoms with Gasteiger partial charge in [-0.25, -0.2) is 4.79 Å². The Bertz CT molecular complexity index is 579. The van der Waals surface area contributed by atoms with Gasteiger partial charge in [-0.1, -0.05) is 12.1 Å². The van der Waals surface area contributed by atoms with E-state index in [1.54, 1.807) is 26.3 Å². The van der Waals surface area contributed by atoms with Crippen molar-refractivity contribution < 1.29 is 14.3 Å². The third-order valence-electron chi connectivity index (χ3n) is 2.86. The van der Waals surface area contributed by atoms with Crippen molar-refractivity contribution >= 4 is 5.97 Å². The first-order valence-electron chi connectivity index (χ1n) is 6.48. The Kier molecular flexibility index (Phi) is 4.71. The molecule has 2 aromatic rings. The van der Waals surface area contributed by atoms with Crippen LogP contribution in [0.3, 0.4) is 0 Å².